The van der Waals surface area contributed by atoms with Crippen LogP contribution in [0.25, 0.3) is 0 Å². The van der Waals surface area contributed by atoms with Gasteiger partial charge in [-0.25, -0.2) is 13.2 Å². The number of benzene rings is 2. The lowest BCUT2D eigenvalue weighted by Crippen LogP contribution is -2.24. The number of rotatable bonds is 5. The monoisotopic (exact) mass is 468 g/mol. The Morgan fingerprint density at radius 1 is 1.06 bits per heavy atom. The number of aliphatic hydroxyl groups is 1. The van der Waals surface area contributed by atoms with E-state index in [4.69, 9.17) is 10.3 Å². The largest absolute Gasteiger partial charge is 0.397 e. The van der Waals surface area contributed by atoms with Crippen LogP contribution < -0.4 is 10.8 Å². The second-order valence-electron chi connectivity index (χ2n) is 7.93. The van der Waals surface area contributed by atoms with E-state index in [0.29, 0.717) is 11.0 Å². The fraction of sp³-hybridized carbons (Fsp3) is 0.462. The van der Waals surface area contributed by atoms with Crippen molar-refractivity contribution in [2.75, 3.05) is 17.4 Å². The van der Waals surface area contributed by atoms with Gasteiger partial charge < -0.3 is 10.4 Å². The molecule has 0 atom stereocenters. The molecule has 2 aromatic carbocycles. The number of aliphatic hydroxyl groups excluding tert-OH is 1. The summed E-state index contributed by atoms with van der Waals surface area (Å²) in [5.74, 6) is -2.89. The summed E-state index contributed by atoms with van der Waals surface area (Å²) in [6.07, 6.45) is 7.52. The molecule has 2 aromatic rings. The summed E-state index contributed by atoms with van der Waals surface area (Å²) in [7, 11) is 0. The summed E-state index contributed by atoms with van der Waals surface area (Å²) in [6, 6.07) is 5.23. The van der Waals surface area contributed by atoms with Crippen molar-refractivity contribution < 1.29 is 23.5 Å². The maximum atomic E-state index is 13.8. The SMILES string of the molecule is C=CCC1(C)CCC1.CC.CCO.Cc1ccc(Nc2c(F)c(F)cc(C)c2NO)c(F)c1. The number of hydrogen-bond acceptors (Lipinski definition) is 4. The molecule has 0 radical (unpaired) electrons. The van der Waals surface area contributed by atoms with Crippen molar-refractivity contribution in [1.29, 1.82) is 0 Å². The molecule has 1 aliphatic rings. The molecule has 0 unspecified atom stereocenters. The molecule has 0 saturated heterocycles. The summed E-state index contributed by atoms with van der Waals surface area (Å²) in [5.41, 5.74) is 3.00. The van der Waals surface area contributed by atoms with Crippen LogP contribution in [0, 0.1) is 36.7 Å². The predicted molar refractivity (Wildman–Crippen MR) is 132 cm³/mol. The molecule has 186 valence electrons. The maximum Gasteiger partial charge on any atom is 0.184 e. The van der Waals surface area contributed by atoms with Crippen molar-refractivity contribution in [2.45, 2.75) is 67.2 Å². The van der Waals surface area contributed by atoms with E-state index in [2.05, 4.69) is 18.8 Å². The maximum absolute atomic E-state index is 13.8. The minimum absolute atomic E-state index is 0.0176. The molecule has 0 spiro atoms. The van der Waals surface area contributed by atoms with Crippen molar-refractivity contribution in [3.8, 4) is 0 Å². The highest BCUT2D eigenvalue weighted by Crippen LogP contribution is 2.43. The normalized spacial score (nSPS) is 12.9. The van der Waals surface area contributed by atoms with Crippen molar-refractivity contribution in [1.82, 2.24) is 0 Å². The Hall–Kier alpha value is -2.51. The molecule has 0 aliphatic heterocycles. The van der Waals surface area contributed by atoms with Crippen LogP contribution in [0.15, 0.2) is 36.9 Å². The van der Waals surface area contributed by atoms with Crippen LogP contribution in [0.1, 0.15) is 64.5 Å². The van der Waals surface area contributed by atoms with Gasteiger partial charge in [0, 0.05) is 6.61 Å². The van der Waals surface area contributed by atoms with Crippen LogP contribution in [-0.4, -0.2) is 16.9 Å². The Morgan fingerprint density at radius 2 is 1.64 bits per heavy atom. The van der Waals surface area contributed by atoms with Crippen LogP contribution in [-0.2, 0) is 0 Å². The van der Waals surface area contributed by atoms with Crippen molar-refractivity contribution in [3.63, 3.8) is 0 Å². The van der Waals surface area contributed by atoms with Crippen LogP contribution in [0.4, 0.5) is 30.2 Å². The first-order valence-electron chi connectivity index (χ1n) is 11.3. The first kappa shape index (κ1) is 30.5. The van der Waals surface area contributed by atoms with E-state index in [-0.39, 0.29) is 29.2 Å². The van der Waals surface area contributed by atoms with E-state index in [1.54, 1.807) is 25.4 Å². The summed E-state index contributed by atoms with van der Waals surface area (Å²) in [5, 5.41) is 19.1. The van der Waals surface area contributed by atoms with Crippen LogP contribution in [0.3, 0.4) is 0 Å². The van der Waals surface area contributed by atoms with Crippen LogP contribution in [0.5, 0.6) is 0 Å². The van der Waals surface area contributed by atoms with Gasteiger partial charge in [-0.3, -0.25) is 10.7 Å². The molecule has 4 nitrogen and oxygen atoms in total. The average Bonchev–Trinajstić information content (AvgIpc) is 2.75. The van der Waals surface area contributed by atoms with Crippen molar-refractivity contribution in [2.24, 2.45) is 5.41 Å². The highest BCUT2D eigenvalue weighted by Gasteiger charge is 2.29. The molecule has 0 bridgehead atoms. The second-order valence-corrected chi connectivity index (χ2v) is 7.93. The molecule has 4 N–H and O–H groups in total. The summed E-state index contributed by atoms with van der Waals surface area (Å²) in [4.78, 5) is 0. The zero-order chi connectivity index (χ0) is 25.6. The summed E-state index contributed by atoms with van der Waals surface area (Å²) >= 11 is 0. The van der Waals surface area contributed by atoms with Gasteiger partial charge >= 0.3 is 0 Å². The minimum atomic E-state index is -1.20. The summed E-state index contributed by atoms with van der Waals surface area (Å²) in [6.45, 7) is 15.2. The molecule has 7 heteroatoms. The Bertz CT molecular complexity index is 869. The Balaban J connectivity index is 0.000000651. The zero-order valence-electron chi connectivity index (χ0n) is 20.7. The molecule has 1 aliphatic carbocycles. The standard InChI is InChI=1S/C14H13F3N2O.C8H14.C2H6O.C2H6/c1-7-3-4-11(9(15)5-7)18-14-12(17)10(16)6-8(2)13(14)19-20;1-3-5-8(2)6-4-7-8;1-2-3;1-2/h3-6,18-20H,1-2H3;3H,1,4-7H2,2H3;3H,2H2,1H3;1-2H3. The van der Waals surface area contributed by atoms with E-state index in [1.165, 1.54) is 44.7 Å². The number of halogens is 3. The van der Waals surface area contributed by atoms with Gasteiger partial charge in [0.25, 0.3) is 0 Å². The first-order chi connectivity index (χ1) is 15.6. The zero-order valence-corrected chi connectivity index (χ0v) is 20.7. The molecule has 1 fully saturated rings. The minimum Gasteiger partial charge on any atom is -0.397 e. The van der Waals surface area contributed by atoms with Gasteiger partial charge in [0.2, 0.25) is 0 Å². The van der Waals surface area contributed by atoms with E-state index in [1.807, 2.05) is 19.9 Å². The van der Waals surface area contributed by atoms with Crippen LogP contribution in [0.2, 0.25) is 0 Å². The lowest BCUT2D eigenvalue weighted by Gasteiger charge is -2.37. The topological polar surface area (TPSA) is 64.5 Å². The number of nitrogens with one attached hydrogen (secondary N) is 2. The van der Waals surface area contributed by atoms with Gasteiger partial charge in [-0.05, 0) is 74.8 Å². The fourth-order valence-electron chi connectivity index (χ4n) is 3.20. The lowest BCUT2D eigenvalue weighted by molar-refractivity contribution is 0.166. The Morgan fingerprint density at radius 3 is 2.03 bits per heavy atom. The molecule has 33 heavy (non-hydrogen) atoms. The average molecular weight is 469 g/mol. The van der Waals surface area contributed by atoms with Gasteiger partial charge in [-0.1, -0.05) is 39.3 Å². The molecular weight excluding hydrogens is 429 g/mol. The highest BCUT2D eigenvalue weighted by molar-refractivity contribution is 5.77. The van der Waals surface area contributed by atoms with Gasteiger partial charge in [0.1, 0.15) is 11.5 Å². The number of hydrogen-bond donors (Lipinski definition) is 4. The Kier molecular flexibility index (Phi) is 14.2. The Labute approximate surface area is 196 Å². The molecule has 0 heterocycles. The van der Waals surface area contributed by atoms with E-state index >= 15 is 0 Å². The second kappa shape index (κ2) is 15.3. The first-order valence-corrected chi connectivity index (χ1v) is 11.3. The van der Waals surface area contributed by atoms with E-state index in [0.717, 1.165) is 6.07 Å². The van der Waals surface area contributed by atoms with Crippen LogP contribution >= 0.6 is 0 Å². The molecule has 1 saturated carbocycles. The molecule has 0 amide bonds. The third-order valence-electron chi connectivity index (χ3n) is 5.11. The quantitative estimate of drug-likeness (QED) is 0.265. The van der Waals surface area contributed by atoms with Gasteiger partial charge in [0.15, 0.2) is 11.6 Å². The molecular formula is C26H39F3N2O2. The third-order valence-corrected chi connectivity index (χ3v) is 5.11. The van der Waals surface area contributed by atoms with E-state index in [9.17, 15) is 13.2 Å². The molecule has 0 aromatic heterocycles. The lowest BCUT2D eigenvalue weighted by atomic mass is 9.68. The third kappa shape index (κ3) is 9.48. The summed E-state index contributed by atoms with van der Waals surface area (Å²) < 4.78 is 41.0. The highest BCUT2D eigenvalue weighted by atomic mass is 19.2. The van der Waals surface area contributed by atoms with Gasteiger partial charge in [0.05, 0.1) is 11.4 Å². The number of anilines is 3. The van der Waals surface area contributed by atoms with Gasteiger partial charge in [-0.15, -0.1) is 6.58 Å². The van der Waals surface area contributed by atoms with Crippen molar-refractivity contribution in [3.05, 3.63) is 65.5 Å². The predicted octanol–water partition coefficient (Wildman–Crippen LogP) is 8.04. The number of aryl methyl sites for hydroxylation is 2. The smallest absolute Gasteiger partial charge is 0.184 e. The fourth-order valence-corrected chi connectivity index (χ4v) is 3.20. The molecule has 3 rings (SSSR count). The number of allylic oxidation sites excluding steroid dienone is 1. The van der Waals surface area contributed by atoms with Crippen molar-refractivity contribution >= 4 is 17.1 Å². The van der Waals surface area contributed by atoms with E-state index < -0.39 is 17.5 Å². The van der Waals surface area contributed by atoms with Gasteiger partial charge in [-0.2, -0.15) is 0 Å².